The Morgan fingerprint density at radius 1 is 0.595 bits per heavy atom. The highest BCUT2D eigenvalue weighted by Crippen LogP contribution is 2.45. The number of hydrogen-bond donors (Lipinski definition) is 5. The summed E-state index contributed by atoms with van der Waals surface area (Å²) in [6, 6.07) is 2.43. The summed E-state index contributed by atoms with van der Waals surface area (Å²) in [5.41, 5.74) is -1.73. The topological polar surface area (TPSA) is 344 Å². The van der Waals surface area contributed by atoms with Crippen LogP contribution >= 0.6 is 0 Å². The zero-order valence-electron chi connectivity index (χ0n) is 19.3. The standard InChI is InChI=1S/C15H12O22S5/c16-13-12-10(4-7(33-38(17,18)19)5-11(12)36-41(26,27)28)32-14(15(13)37-42(29,30)31)6-1-2-8(34-39(20,21)22)9(3-6)35-40(23,24)25/h1-5,14-15H,(H,17,18,19)(H,20,21,22)(H,23,24,25)(H,26,27,28)(H,29,30,31)/t14-,15-/m0/s1. The molecule has 0 spiro atoms. The maximum Gasteiger partial charge on any atom is 0.446 e. The Bertz CT molecular complexity index is 1980. The summed E-state index contributed by atoms with van der Waals surface area (Å²) in [5, 5.41) is 0. The first-order valence-electron chi connectivity index (χ1n) is 9.66. The molecule has 1 aliphatic rings. The van der Waals surface area contributed by atoms with Gasteiger partial charge < -0.3 is 21.5 Å². The number of fused-ring (bicyclic) bond motifs is 1. The molecule has 0 radical (unpaired) electrons. The molecule has 0 saturated heterocycles. The fourth-order valence-electron chi connectivity index (χ4n) is 3.26. The zero-order valence-corrected chi connectivity index (χ0v) is 23.3. The van der Waals surface area contributed by atoms with Gasteiger partial charge in [-0.1, -0.05) is 6.07 Å². The number of carbonyl (C=O) groups excluding carboxylic acids is 1. The van der Waals surface area contributed by atoms with E-state index in [1.54, 1.807) is 0 Å². The van der Waals surface area contributed by atoms with Gasteiger partial charge in [0.2, 0.25) is 5.78 Å². The second kappa shape index (κ2) is 11.0. The Labute approximate surface area is 235 Å². The molecule has 2 aromatic carbocycles. The molecule has 1 aliphatic heterocycles. The molecule has 234 valence electrons. The van der Waals surface area contributed by atoms with Crippen molar-refractivity contribution in [1.82, 2.24) is 0 Å². The van der Waals surface area contributed by atoms with E-state index in [4.69, 9.17) is 22.9 Å². The van der Waals surface area contributed by atoms with E-state index in [1.807, 2.05) is 0 Å². The maximum absolute atomic E-state index is 13.3. The largest absolute Gasteiger partial charge is 0.481 e. The zero-order chi connectivity index (χ0) is 32.1. The summed E-state index contributed by atoms with van der Waals surface area (Å²) in [6.07, 6.45) is -4.81. The SMILES string of the molecule is O=C1c2c(cc(OS(=O)(=O)O)cc2OS(=O)(=O)O)O[C@@H](c2ccc(OS(=O)(=O)O)c(OS(=O)(=O)O)c2)[C@H]1OS(=O)(=O)O. The highest BCUT2D eigenvalue weighted by molar-refractivity contribution is 7.82. The summed E-state index contributed by atoms with van der Waals surface area (Å²) >= 11 is 0. The summed E-state index contributed by atoms with van der Waals surface area (Å²) in [5.74, 6) is -7.31. The molecule has 2 aromatic rings. The van der Waals surface area contributed by atoms with Crippen LogP contribution in [0.5, 0.6) is 28.7 Å². The van der Waals surface area contributed by atoms with E-state index in [2.05, 4.69) is 20.9 Å². The van der Waals surface area contributed by atoms with Gasteiger partial charge in [0.15, 0.2) is 35.2 Å². The van der Waals surface area contributed by atoms with E-state index in [-0.39, 0.29) is 0 Å². The first-order chi connectivity index (χ1) is 18.8. The first-order valence-corrected chi connectivity index (χ1v) is 16.5. The Hall–Kier alpha value is -3.38. The lowest BCUT2D eigenvalue weighted by Crippen LogP contribution is -2.40. The summed E-state index contributed by atoms with van der Waals surface area (Å²) in [7, 11) is -27.3. The lowest BCUT2D eigenvalue weighted by atomic mass is 9.92. The third-order valence-electron chi connectivity index (χ3n) is 4.38. The van der Waals surface area contributed by atoms with Crippen molar-refractivity contribution in [2.45, 2.75) is 12.2 Å². The number of hydrogen-bond acceptors (Lipinski definition) is 17. The molecule has 3 rings (SSSR count). The quantitative estimate of drug-likeness (QED) is 0.174. The minimum Gasteiger partial charge on any atom is -0.481 e. The Balaban J connectivity index is 2.30. The van der Waals surface area contributed by atoms with E-state index in [0.717, 1.165) is 0 Å². The molecule has 5 N–H and O–H groups in total. The van der Waals surface area contributed by atoms with Crippen molar-refractivity contribution >= 4 is 57.8 Å². The fourth-order valence-corrected chi connectivity index (χ4v) is 5.13. The smallest absolute Gasteiger partial charge is 0.446 e. The number of Topliss-reactive ketones (excluding diaryl/α,β-unsaturated/α-hetero) is 1. The van der Waals surface area contributed by atoms with E-state index < -0.39 is 110 Å². The van der Waals surface area contributed by atoms with Gasteiger partial charge in [0.25, 0.3) is 0 Å². The van der Waals surface area contributed by atoms with Crippen LogP contribution in [0.2, 0.25) is 0 Å². The lowest BCUT2D eigenvalue weighted by Gasteiger charge is -2.32. The van der Waals surface area contributed by atoms with Gasteiger partial charge >= 0.3 is 52.0 Å². The van der Waals surface area contributed by atoms with Crippen molar-refractivity contribution in [2.75, 3.05) is 0 Å². The van der Waals surface area contributed by atoms with E-state index in [9.17, 15) is 51.4 Å². The first kappa shape index (κ1) is 33.1. The molecule has 27 heteroatoms. The normalized spacial score (nSPS) is 18.0. The molecule has 0 amide bonds. The number of rotatable bonds is 11. The molecule has 0 bridgehead atoms. The van der Waals surface area contributed by atoms with Crippen molar-refractivity contribution in [3.8, 4) is 28.7 Å². The maximum atomic E-state index is 13.3. The second-order valence-electron chi connectivity index (χ2n) is 7.39. The Morgan fingerprint density at radius 3 is 1.60 bits per heavy atom. The molecule has 0 unspecified atom stereocenters. The molecule has 22 nitrogen and oxygen atoms in total. The molecule has 42 heavy (non-hydrogen) atoms. The summed E-state index contributed by atoms with van der Waals surface area (Å²) in [6.45, 7) is 0. The molecule has 0 aromatic heterocycles. The van der Waals surface area contributed by atoms with Crippen LogP contribution in [0.25, 0.3) is 0 Å². The summed E-state index contributed by atoms with van der Waals surface area (Å²) < 4.78 is 184. The average molecular weight is 705 g/mol. The third kappa shape index (κ3) is 9.32. The van der Waals surface area contributed by atoms with Crippen LogP contribution in [0.4, 0.5) is 0 Å². The highest BCUT2D eigenvalue weighted by atomic mass is 32.3. The molecular formula is C15H12O22S5. The van der Waals surface area contributed by atoms with Crippen LogP contribution in [-0.2, 0) is 56.2 Å². The fraction of sp³-hybridized carbons (Fsp3) is 0.133. The predicted octanol–water partition coefficient (Wildman–Crippen LogP) is -1.08. The van der Waals surface area contributed by atoms with Crippen LogP contribution in [0.3, 0.4) is 0 Å². The molecule has 1 heterocycles. The Kier molecular flexibility index (Phi) is 8.70. The van der Waals surface area contributed by atoms with Crippen molar-refractivity contribution < 1.29 is 95.3 Å². The monoisotopic (exact) mass is 704 g/mol. The lowest BCUT2D eigenvalue weighted by molar-refractivity contribution is 0.0295. The van der Waals surface area contributed by atoms with E-state index in [1.165, 1.54) is 0 Å². The van der Waals surface area contributed by atoms with Gasteiger partial charge in [-0.3, -0.25) is 27.6 Å². The third-order valence-corrected chi connectivity index (χ3v) is 6.41. The van der Waals surface area contributed by atoms with Crippen LogP contribution in [0.15, 0.2) is 30.3 Å². The average Bonchev–Trinajstić information content (AvgIpc) is 2.71. The van der Waals surface area contributed by atoms with Gasteiger partial charge in [0.05, 0.1) is 0 Å². The number of carbonyl (C=O) groups is 1. The van der Waals surface area contributed by atoms with E-state index in [0.29, 0.717) is 30.3 Å². The Morgan fingerprint density at radius 2 is 1.10 bits per heavy atom. The van der Waals surface area contributed by atoms with Gasteiger partial charge in [0.1, 0.15) is 11.3 Å². The van der Waals surface area contributed by atoms with Gasteiger partial charge in [-0.05, 0) is 17.7 Å². The van der Waals surface area contributed by atoms with Crippen molar-refractivity contribution in [3.05, 3.63) is 41.5 Å². The van der Waals surface area contributed by atoms with Crippen LogP contribution in [0, 0.1) is 0 Å². The minimum absolute atomic E-state index is 0.298. The number of benzene rings is 2. The van der Waals surface area contributed by atoms with Crippen LogP contribution < -0.4 is 21.5 Å². The van der Waals surface area contributed by atoms with Gasteiger partial charge in [0, 0.05) is 12.1 Å². The molecule has 0 aliphatic carbocycles. The van der Waals surface area contributed by atoms with Gasteiger partial charge in [-0.25, -0.2) is 4.18 Å². The highest BCUT2D eigenvalue weighted by Gasteiger charge is 2.45. The number of ketones is 1. The van der Waals surface area contributed by atoms with E-state index >= 15 is 0 Å². The van der Waals surface area contributed by atoms with Crippen molar-refractivity contribution in [3.63, 3.8) is 0 Å². The van der Waals surface area contributed by atoms with Crippen LogP contribution in [-0.4, -0.2) is 76.7 Å². The number of ether oxygens (including phenoxy) is 1. The van der Waals surface area contributed by atoms with Gasteiger partial charge in [-0.15, -0.1) is 0 Å². The van der Waals surface area contributed by atoms with Crippen molar-refractivity contribution in [2.24, 2.45) is 0 Å². The summed E-state index contributed by atoms with van der Waals surface area (Å²) in [4.78, 5) is 13.3. The molecule has 2 atom stereocenters. The molecule has 0 saturated carbocycles. The predicted molar refractivity (Wildman–Crippen MR) is 126 cm³/mol. The molecular weight excluding hydrogens is 692 g/mol. The van der Waals surface area contributed by atoms with Crippen LogP contribution in [0.1, 0.15) is 22.0 Å². The minimum atomic E-state index is -5.60. The van der Waals surface area contributed by atoms with Gasteiger partial charge in [-0.2, -0.15) is 42.1 Å². The second-order valence-corrected chi connectivity index (χ2v) is 12.5. The molecule has 0 fully saturated rings. The van der Waals surface area contributed by atoms with Crippen molar-refractivity contribution in [1.29, 1.82) is 0 Å².